The number of fused-ring (bicyclic) bond motifs is 1. The molecule has 3 atom stereocenters. The van der Waals surface area contributed by atoms with Crippen molar-refractivity contribution in [3.8, 4) is 0 Å². The lowest BCUT2D eigenvalue weighted by molar-refractivity contribution is -0.143. The highest BCUT2D eigenvalue weighted by Gasteiger charge is 2.59. The second-order valence-corrected chi connectivity index (χ2v) is 2.86. The van der Waals surface area contributed by atoms with Gasteiger partial charge in [-0.3, -0.25) is 4.90 Å². The molecule has 2 unspecified atom stereocenters. The smallest absolute Gasteiger partial charge is 0.408 e. The predicted molar refractivity (Wildman–Crippen MR) is 34.8 cm³/mol. The molecule has 2 heterocycles. The highest BCUT2D eigenvalue weighted by atomic mass is 16.6. The Morgan fingerprint density at radius 2 is 2.08 bits per heavy atom. The lowest BCUT2D eigenvalue weighted by Gasteiger charge is -2.19. The molecule has 66 valence electrons. The second kappa shape index (κ2) is 2.10. The van der Waals surface area contributed by atoms with Crippen molar-refractivity contribution in [2.45, 2.75) is 18.2 Å². The molecule has 6 heteroatoms. The number of epoxide rings is 1. The Bertz CT molecular complexity index is 252. The summed E-state index contributed by atoms with van der Waals surface area (Å²) in [4.78, 5) is 22.0. The van der Waals surface area contributed by atoms with E-state index in [0.29, 0.717) is 0 Å². The predicted octanol–water partition coefficient (Wildman–Crippen LogP) is -0.799. The summed E-state index contributed by atoms with van der Waals surface area (Å²) in [5, 5.41) is 17.2. The zero-order valence-electron chi connectivity index (χ0n) is 6.01. The number of ether oxygens (including phenoxy) is 1. The molecule has 2 rings (SSSR count). The first kappa shape index (κ1) is 7.35. The van der Waals surface area contributed by atoms with Gasteiger partial charge in [0.1, 0.15) is 12.2 Å². The maximum atomic E-state index is 10.6. The van der Waals surface area contributed by atoms with E-state index in [0.717, 1.165) is 4.90 Å². The van der Waals surface area contributed by atoms with Gasteiger partial charge in [-0.05, 0) is 0 Å². The molecule has 0 aromatic carbocycles. The van der Waals surface area contributed by atoms with E-state index in [1.807, 2.05) is 0 Å². The summed E-state index contributed by atoms with van der Waals surface area (Å²) in [6.07, 6.45) is -1.81. The quantitative estimate of drug-likeness (QED) is 0.506. The lowest BCUT2D eigenvalue weighted by Crippen LogP contribution is -2.44. The number of morpholine rings is 1. The third-order valence-corrected chi connectivity index (χ3v) is 2.14. The molecule has 2 N–H and O–H groups in total. The van der Waals surface area contributed by atoms with Crippen LogP contribution in [0, 0.1) is 0 Å². The minimum absolute atomic E-state index is 0.178. The number of hydrogen-bond donors (Lipinski definition) is 2. The minimum atomic E-state index is -1.20. The van der Waals surface area contributed by atoms with Crippen LogP contribution in [-0.4, -0.2) is 52.0 Å². The third kappa shape index (κ3) is 0.845. The summed E-state index contributed by atoms with van der Waals surface area (Å²) in [6.45, 7) is 0.178. The maximum absolute atomic E-state index is 10.6. The van der Waals surface area contributed by atoms with Gasteiger partial charge in [0, 0.05) is 0 Å². The molecule has 2 aliphatic rings. The number of aliphatic carboxylic acids is 1. The molecule has 0 aromatic rings. The molecule has 0 spiro atoms. The topological polar surface area (TPSA) is 90.4 Å². The van der Waals surface area contributed by atoms with E-state index in [4.69, 9.17) is 14.9 Å². The van der Waals surface area contributed by atoms with Crippen LogP contribution < -0.4 is 0 Å². The molecule has 0 saturated carbocycles. The number of carboxylic acid groups (broad SMARTS) is 2. The molecule has 0 radical (unpaired) electrons. The molecule has 2 fully saturated rings. The fourth-order valence-corrected chi connectivity index (χ4v) is 1.54. The molecule has 12 heavy (non-hydrogen) atoms. The van der Waals surface area contributed by atoms with Crippen molar-refractivity contribution in [2.75, 3.05) is 6.54 Å². The molecule has 0 aromatic heterocycles. The van der Waals surface area contributed by atoms with E-state index in [1.165, 1.54) is 0 Å². The summed E-state index contributed by atoms with van der Waals surface area (Å²) in [6, 6.07) is -1.01. The zero-order chi connectivity index (χ0) is 8.88. The summed E-state index contributed by atoms with van der Waals surface area (Å²) in [5.74, 6) is -1.14. The van der Waals surface area contributed by atoms with Crippen LogP contribution >= 0.6 is 0 Å². The Kier molecular flexibility index (Phi) is 1.29. The molecule has 2 aliphatic heterocycles. The Hall–Kier alpha value is -1.30. The van der Waals surface area contributed by atoms with Crippen molar-refractivity contribution in [3.05, 3.63) is 0 Å². The SMILES string of the molecule is O=C(O)C1[C@@H]2OC2CN1C(=O)O. The molecular weight excluding hydrogens is 166 g/mol. The van der Waals surface area contributed by atoms with E-state index < -0.39 is 24.2 Å². The van der Waals surface area contributed by atoms with E-state index in [9.17, 15) is 9.59 Å². The van der Waals surface area contributed by atoms with Gasteiger partial charge in [0.05, 0.1) is 6.54 Å². The number of hydrogen-bond acceptors (Lipinski definition) is 3. The van der Waals surface area contributed by atoms with Crippen molar-refractivity contribution < 1.29 is 24.5 Å². The van der Waals surface area contributed by atoms with Crippen molar-refractivity contribution in [1.29, 1.82) is 0 Å². The van der Waals surface area contributed by atoms with Gasteiger partial charge in [0.2, 0.25) is 0 Å². The highest BCUT2D eigenvalue weighted by Crippen LogP contribution is 2.36. The van der Waals surface area contributed by atoms with Crippen molar-refractivity contribution in [2.24, 2.45) is 0 Å². The van der Waals surface area contributed by atoms with Crippen LogP contribution in [0.15, 0.2) is 0 Å². The first-order chi connectivity index (χ1) is 5.61. The van der Waals surface area contributed by atoms with Crippen LogP contribution in [-0.2, 0) is 9.53 Å². The average molecular weight is 173 g/mol. The Labute approximate surface area is 67.3 Å². The number of amides is 1. The van der Waals surface area contributed by atoms with Crippen LogP contribution in [0.25, 0.3) is 0 Å². The first-order valence-corrected chi connectivity index (χ1v) is 3.49. The van der Waals surface area contributed by atoms with Gasteiger partial charge >= 0.3 is 12.1 Å². The van der Waals surface area contributed by atoms with Gasteiger partial charge < -0.3 is 14.9 Å². The van der Waals surface area contributed by atoms with Crippen LogP contribution in [0.2, 0.25) is 0 Å². The number of likely N-dealkylation sites (tertiary alicyclic amines) is 1. The van der Waals surface area contributed by atoms with Gasteiger partial charge in [-0.15, -0.1) is 0 Å². The number of nitrogens with zero attached hydrogens (tertiary/aromatic N) is 1. The summed E-state index contributed by atoms with van der Waals surface area (Å²) >= 11 is 0. The molecule has 0 bridgehead atoms. The van der Waals surface area contributed by atoms with Crippen LogP contribution in [0.4, 0.5) is 4.79 Å². The van der Waals surface area contributed by atoms with Crippen LogP contribution in [0.3, 0.4) is 0 Å². The largest absolute Gasteiger partial charge is 0.480 e. The summed E-state index contributed by atoms with van der Waals surface area (Å²) in [5.41, 5.74) is 0. The highest BCUT2D eigenvalue weighted by molar-refractivity contribution is 5.81. The molecule has 6 nitrogen and oxygen atoms in total. The number of carboxylic acids is 1. The van der Waals surface area contributed by atoms with Crippen molar-refractivity contribution >= 4 is 12.1 Å². The normalized spacial score (nSPS) is 37.7. The zero-order valence-corrected chi connectivity index (χ0v) is 6.01. The number of rotatable bonds is 1. The third-order valence-electron chi connectivity index (χ3n) is 2.14. The van der Waals surface area contributed by atoms with E-state index in [1.54, 1.807) is 0 Å². The molecule has 2 saturated heterocycles. The lowest BCUT2D eigenvalue weighted by atomic mass is 10.2. The summed E-state index contributed by atoms with van der Waals surface area (Å²) in [7, 11) is 0. The first-order valence-electron chi connectivity index (χ1n) is 3.49. The van der Waals surface area contributed by atoms with E-state index in [-0.39, 0.29) is 12.6 Å². The minimum Gasteiger partial charge on any atom is -0.480 e. The van der Waals surface area contributed by atoms with Crippen molar-refractivity contribution in [3.63, 3.8) is 0 Å². The second-order valence-electron chi connectivity index (χ2n) is 2.86. The fraction of sp³-hybridized carbons (Fsp3) is 0.667. The van der Waals surface area contributed by atoms with E-state index >= 15 is 0 Å². The Morgan fingerprint density at radius 1 is 1.42 bits per heavy atom. The molecular formula is C6H7NO5. The van der Waals surface area contributed by atoms with Crippen molar-refractivity contribution in [1.82, 2.24) is 4.90 Å². The fourth-order valence-electron chi connectivity index (χ4n) is 1.54. The number of carbonyl (C=O) groups is 2. The Balaban J connectivity index is 2.16. The maximum Gasteiger partial charge on any atom is 0.408 e. The average Bonchev–Trinajstić information content (AvgIpc) is 2.60. The van der Waals surface area contributed by atoms with Gasteiger partial charge in [-0.1, -0.05) is 0 Å². The standard InChI is InChI=1S/C6H7NO5/c8-5(9)3-4-2(12-4)1-7(3)6(10)11/h2-4H,1H2,(H,8,9)(H,10,11)/t2?,3?,4-/m1/s1. The van der Waals surface area contributed by atoms with Gasteiger partial charge in [0.25, 0.3) is 0 Å². The van der Waals surface area contributed by atoms with Gasteiger partial charge in [-0.25, -0.2) is 9.59 Å². The van der Waals surface area contributed by atoms with E-state index in [2.05, 4.69) is 0 Å². The molecule has 1 amide bonds. The monoisotopic (exact) mass is 173 g/mol. The van der Waals surface area contributed by atoms with Gasteiger partial charge in [-0.2, -0.15) is 0 Å². The van der Waals surface area contributed by atoms with Crippen LogP contribution in [0.1, 0.15) is 0 Å². The molecule has 0 aliphatic carbocycles. The Morgan fingerprint density at radius 3 is 2.50 bits per heavy atom. The van der Waals surface area contributed by atoms with Crippen LogP contribution in [0.5, 0.6) is 0 Å². The van der Waals surface area contributed by atoms with Gasteiger partial charge in [0.15, 0.2) is 6.04 Å². The summed E-state index contributed by atoms with van der Waals surface area (Å²) < 4.78 is 4.92.